The number of nitrogens with two attached hydrogens (primary N) is 1. The van der Waals surface area contributed by atoms with E-state index in [-0.39, 0.29) is 5.92 Å². The summed E-state index contributed by atoms with van der Waals surface area (Å²) in [5, 5.41) is 0. The van der Waals surface area contributed by atoms with Gasteiger partial charge in [-0.2, -0.15) is 0 Å². The smallest absolute Gasteiger partial charge is 0.0479 e. The first-order valence-corrected chi connectivity index (χ1v) is 3.57. The van der Waals surface area contributed by atoms with Crippen molar-refractivity contribution in [2.75, 3.05) is 19.6 Å². The predicted octanol–water partition coefficient (Wildman–Crippen LogP) is 0.0393. The quantitative estimate of drug-likeness (QED) is 0.499. The van der Waals surface area contributed by atoms with Gasteiger partial charge in [-0.3, -0.25) is 0 Å². The lowest BCUT2D eigenvalue weighted by atomic mass is 9.85. The Morgan fingerprint density at radius 1 is 1.56 bits per heavy atom. The van der Waals surface area contributed by atoms with Crippen molar-refractivity contribution in [1.82, 2.24) is 4.90 Å². The van der Waals surface area contributed by atoms with Crippen LogP contribution in [0.2, 0.25) is 0 Å². The van der Waals surface area contributed by atoms with E-state index in [4.69, 9.17) is 8.48 Å². The molecule has 0 aromatic carbocycles. The molecule has 9 heavy (non-hydrogen) atoms. The van der Waals surface area contributed by atoms with Crippen LogP contribution in [0.5, 0.6) is 0 Å². The molecule has 3 rings (SSSR count). The molecule has 0 aliphatic carbocycles. The van der Waals surface area contributed by atoms with E-state index in [0.29, 0.717) is 0 Å². The molecule has 3 aliphatic heterocycles. The zero-order valence-electron chi connectivity index (χ0n) is 7.51. The molecule has 2 N–H and O–H groups in total. The molecule has 0 aromatic rings. The van der Waals surface area contributed by atoms with Gasteiger partial charge in [0.05, 0.1) is 0 Å². The normalized spacial score (nSPS) is 69.2. The fourth-order valence-electron chi connectivity index (χ4n) is 1.68. The summed E-state index contributed by atoms with van der Waals surface area (Å²) in [5.41, 5.74) is 5.74. The summed E-state index contributed by atoms with van der Waals surface area (Å²) in [4.78, 5) is 2.01. The average molecular weight is 128 g/mol. The third-order valence-corrected chi connectivity index (χ3v) is 2.33. The molecular weight excluding hydrogens is 112 g/mol. The molecule has 2 unspecified atom stereocenters. The van der Waals surface area contributed by atoms with E-state index in [0.717, 1.165) is 25.9 Å². The zero-order chi connectivity index (χ0) is 8.06. The van der Waals surface area contributed by atoms with E-state index < -0.39 is 12.5 Å². The first-order chi connectivity index (χ1) is 5.12. The van der Waals surface area contributed by atoms with Gasteiger partial charge in [0.2, 0.25) is 0 Å². The Bertz CT molecular complexity index is 160. The van der Waals surface area contributed by atoms with E-state index in [9.17, 15) is 0 Å². The highest BCUT2D eigenvalue weighted by Gasteiger charge is 2.31. The molecule has 0 saturated carbocycles. The van der Waals surface area contributed by atoms with Crippen LogP contribution < -0.4 is 5.73 Å². The summed E-state index contributed by atoms with van der Waals surface area (Å²) in [6.07, 6.45) is 2.02. The summed E-state index contributed by atoms with van der Waals surface area (Å²) in [5.74, 6) is 0.259. The van der Waals surface area contributed by atoms with Gasteiger partial charge in [0.25, 0.3) is 0 Å². The van der Waals surface area contributed by atoms with Crippen LogP contribution in [0.15, 0.2) is 0 Å². The van der Waals surface area contributed by atoms with Crippen LogP contribution in [0.25, 0.3) is 0 Å². The minimum Gasteiger partial charge on any atom is -0.326 e. The maximum Gasteiger partial charge on any atom is 0.0479 e. The van der Waals surface area contributed by atoms with Gasteiger partial charge in [-0.25, -0.2) is 0 Å². The maximum atomic E-state index is 7.77. The monoisotopic (exact) mass is 128 g/mol. The largest absolute Gasteiger partial charge is 0.326 e. The first kappa shape index (κ1) is 3.94. The zero-order valence-corrected chi connectivity index (χ0v) is 5.51. The lowest BCUT2D eigenvalue weighted by Gasteiger charge is -2.43. The third kappa shape index (κ3) is 0.864. The number of rotatable bonds is 0. The van der Waals surface area contributed by atoms with Crippen molar-refractivity contribution in [3.05, 3.63) is 0 Å². The van der Waals surface area contributed by atoms with E-state index in [1.165, 1.54) is 0 Å². The standard InChI is InChI=1S/C7H14N2/c8-7-5-9-3-1-6(7)2-4-9/h6-7H,1-5,8H2/i5D,7D. The van der Waals surface area contributed by atoms with E-state index in [1.54, 1.807) is 0 Å². The van der Waals surface area contributed by atoms with Crippen LogP contribution in [0.3, 0.4) is 0 Å². The number of nitrogens with zero attached hydrogens (tertiary/aromatic N) is 1. The number of fused-ring (bicyclic) bond motifs is 3. The summed E-state index contributed by atoms with van der Waals surface area (Å²) in [6, 6.07) is -1.00. The number of hydrogen-bond acceptors (Lipinski definition) is 2. The van der Waals surface area contributed by atoms with Crippen LogP contribution in [0.4, 0.5) is 0 Å². The minimum atomic E-state index is -1.00. The lowest BCUT2D eigenvalue weighted by Crippen LogP contribution is -2.54. The molecule has 3 heterocycles. The molecule has 2 heteroatoms. The Labute approximate surface area is 58.8 Å². The molecule has 2 nitrogen and oxygen atoms in total. The van der Waals surface area contributed by atoms with E-state index in [1.807, 2.05) is 4.90 Å². The van der Waals surface area contributed by atoms with Gasteiger partial charge in [-0.15, -0.1) is 0 Å². The topological polar surface area (TPSA) is 29.3 Å². The molecule has 3 fully saturated rings. The van der Waals surface area contributed by atoms with Crippen molar-refractivity contribution in [2.45, 2.75) is 18.9 Å². The van der Waals surface area contributed by atoms with Gasteiger partial charge in [0.1, 0.15) is 0 Å². The number of piperidine rings is 3. The van der Waals surface area contributed by atoms with Crippen LogP contribution in [-0.2, 0) is 0 Å². The van der Waals surface area contributed by atoms with Gasteiger partial charge in [0.15, 0.2) is 0 Å². The highest BCUT2D eigenvalue weighted by Crippen LogP contribution is 2.25. The highest BCUT2D eigenvalue weighted by molar-refractivity contribution is 4.88. The second-order valence-corrected chi connectivity index (χ2v) is 2.94. The molecule has 0 spiro atoms. The third-order valence-electron chi connectivity index (χ3n) is 2.33. The van der Waals surface area contributed by atoms with Gasteiger partial charge in [0, 0.05) is 15.3 Å². The van der Waals surface area contributed by atoms with E-state index in [2.05, 4.69) is 0 Å². The second-order valence-electron chi connectivity index (χ2n) is 2.94. The van der Waals surface area contributed by atoms with Gasteiger partial charge < -0.3 is 10.6 Å². The average Bonchev–Trinajstić information content (AvgIpc) is 2.01. The Balaban J connectivity index is 2.23. The molecular formula is C7H14N2. The Morgan fingerprint density at radius 3 is 2.56 bits per heavy atom. The Kier molecular flexibility index (Phi) is 0.856. The van der Waals surface area contributed by atoms with Crippen molar-refractivity contribution in [3.8, 4) is 0 Å². The van der Waals surface area contributed by atoms with Crippen molar-refractivity contribution in [3.63, 3.8) is 0 Å². The Morgan fingerprint density at radius 2 is 2.22 bits per heavy atom. The van der Waals surface area contributed by atoms with Crippen molar-refractivity contribution in [1.29, 1.82) is 0 Å². The minimum absolute atomic E-state index is 0.259. The molecule has 52 valence electrons. The van der Waals surface area contributed by atoms with Gasteiger partial charge >= 0.3 is 0 Å². The summed E-state index contributed by atoms with van der Waals surface area (Å²) in [6.45, 7) is 1.45. The predicted molar refractivity (Wildman–Crippen MR) is 37.1 cm³/mol. The summed E-state index contributed by atoms with van der Waals surface area (Å²) < 4.78 is 15.4. The molecule has 2 atom stereocenters. The van der Waals surface area contributed by atoms with Crippen LogP contribution >= 0.6 is 0 Å². The Hall–Kier alpha value is -0.0800. The first-order valence-electron chi connectivity index (χ1n) is 4.65. The fraction of sp³-hybridized carbons (Fsp3) is 1.00. The van der Waals surface area contributed by atoms with Crippen LogP contribution in [0, 0.1) is 5.92 Å². The SMILES string of the molecule is [2H]C1N2CCC(CC2)C1([2H])N. The summed E-state index contributed by atoms with van der Waals surface area (Å²) in [7, 11) is 0. The molecule has 0 amide bonds. The molecule has 0 aromatic heterocycles. The molecule has 2 bridgehead atoms. The van der Waals surface area contributed by atoms with Crippen molar-refractivity contribution in [2.24, 2.45) is 11.7 Å². The number of hydrogen-bond donors (Lipinski definition) is 1. The summed E-state index contributed by atoms with van der Waals surface area (Å²) >= 11 is 0. The van der Waals surface area contributed by atoms with Crippen LogP contribution in [0.1, 0.15) is 15.6 Å². The van der Waals surface area contributed by atoms with Gasteiger partial charge in [-0.1, -0.05) is 0 Å². The maximum absolute atomic E-state index is 7.77. The molecule has 0 radical (unpaired) electrons. The highest BCUT2D eigenvalue weighted by atomic mass is 15.2. The van der Waals surface area contributed by atoms with Crippen molar-refractivity contribution >= 4 is 0 Å². The van der Waals surface area contributed by atoms with Gasteiger partial charge in [-0.05, 0) is 31.8 Å². The molecule has 3 aliphatic rings. The molecule has 3 saturated heterocycles. The van der Waals surface area contributed by atoms with Crippen LogP contribution in [-0.4, -0.2) is 30.5 Å². The van der Waals surface area contributed by atoms with Crippen molar-refractivity contribution < 1.29 is 2.74 Å². The fourth-order valence-corrected chi connectivity index (χ4v) is 1.68. The second kappa shape index (κ2) is 1.96. The van der Waals surface area contributed by atoms with E-state index >= 15 is 0 Å². The lowest BCUT2D eigenvalue weighted by molar-refractivity contribution is 0.0896.